The molecule has 0 unspecified atom stereocenters. The standard InChI is InChI=1S/C23H20ClN3O6S2/c1-12-20(24)23(33-25-12)27(13(2)28)35(29,30)22-16-10-15(26(3)4)6-8-19(16)34-21(22)14-5-7-17-18(9-14)32-11-31-17/h5-10H,11H2,1-4H3. The largest absolute Gasteiger partial charge is 0.454 e. The summed E-state index contributed by atoms with van der Waals surface area (Å²) in [7, 11) is -0.775. The molecule has 0 atom stereocenters. The Hall–Kier alpha value is -3.28. The van der Waals surface area contributed by atoms with Crippen LogP contribution in [0.25, 0.3) is 20.5 Å². The lowest BCUT2D eigenvalue weighted by atomic mass is 10.1. The van der Waals surface area contributed by atoms with Crippen LogP contribution in [0.1, 0.15) is 12.6 Å². The van der Waals surface area contributed by atoms with Gasteiger partial charge in [-0.15, -0.1) is 11.3 Å². The van der Waals surface area contributed by atoms with Crippen molar-refractivity contribution in [1.82, 2.24) is 5.16 Å². The molecular weight excluding hydrogens is 514 g/mol. The van der Waals surface area contributed by atoms with E-state index in [0.717, 1.165) is 17.3 Å². The first-order valence-corrected chi connectivity index (χ1v) is 13.0. The number of thiophene rings is 1. The summed E-state index contributed by atoms with van der Waals surface area (Å²) in [6.07, 6.45) is 0. The summed E-state index contributed by atoms with van der Waals surface area (Å²) in [5.74, 6) is -0.0581. The highest BCUT2D eigenvalue weighted by Gasteiger charge is 2.38. The van der Waals surface area contributed by atoms with Crippen LogP contribution in [-0.2, 0) is 14.8 Å². The van der Waals surface area contributed by atoms with E-state index in [1.54, 1.807) is 31.2 Å². The van der Waals surface area contributed by atoms with Gasteiger partial charge in [0.15, 0.2) is 11.5 Å². The quantitative estimate of drug-likeness (QED) is 0.351. The fraction of sp³-hybridized carbons (Fsp3) is 0.217. The van der Waals surface area contributed by atoms with Gasteiger partial charge >= 0.3 is 0 Å². The van der Waals surface area contributed by atoms with Gasteiger partial charge in [0, 0.05) is 36.8 Å². The molecule has 5 rings (SSSR count). The van der Waals surface area contributed by atoms with E-state index >= 15 is 0 Å². The van der Waals surface area contributed by atoms with Crippen LogP contribution >= 0.6 is 22.9 Å². The minimum Gasteiger partial charge on any atom is -0.454 e. The molecule has 9 nitrogen and oxygen atoms in total. The van der Waals surface area contributed by atoms with Crippen LogP contribution in [0.4, 0.5) is 11.6 Å². The molecule has 1 amide bonds. The number of hydrogen-bond donors (Lipinski definition) is 0. The minimum absolute atomic E-state index is 0.0413. The van der Waals surface area contributed by atoms with Crippen LogP contribution in [-0.4, -0.2) is 40.4 Å². The van der Waals surface area contributed by atoms with Gasteiger partial charge in [0.25, 0.3) is 15.9 Å². The summed E-state index contributed by atoms with van der Waals surface area (Å²) >= 11 is 7.56. The molecule has 12 heteroatoms. The third kappa shape index (κ3) is 3.79. The van der Waals surface area contributed by atoms with Crippen LogP contribution in [0.3, 0.4) is 0 Å². The number of fused-ring (bicyclic) bond motifs is 2. The molecule has 0 N–H and O–H groups in total. The molecule has 0 radical (unpaired) electrons. The Kier molecular flexibility index (Phi) is 5.65. The van der Waals surface area contributed by atoms with Crippen LogP contribution in [0.5, 0.6) is 11.5 Å². The van der Waals surface area contributed by atoms with Crippen molar-refractivity contribution < 1.29 is 27.2 Å². The molecule has 0 fully saturated rings. The Bertz CT molecular complexity index is 1590. The number of halogens is 1. The highest BCUT2D eigenvalue weighted by atomic mass is 35.5. The monoisotopic (exact) mass is 533 g/mol. The van der Waals surface area contributed by atoms with Gasteiger partial charge in [-0.2, -0.15) is 4.31 Å². The molecule has 0 bridgehead atoms. The Morgan fingerprint density at radius 2 is 1.86 bits per heavy atom. The zero-order valence-corrected chi connectivity index (χ0v) is 21.5. The number of ether oxygens (including phenoxy) is 2. The Morgan fingerprint density at radius 1 is 1.11 bits per heavy atom. The predicted molar refractivity (Wildman–Crippen MR) is 134 cm³/mol. The van der Waals surface area contributed by atoms with Crippen molar-refractivity contribution in [1.29, 1.82) is 0 Å². The molecule has 3 heterocycles. The fourth-order valence-corrected chi connectivity index (χ4v) is 7.26. The van der Waals surface area contributed by atoms with Gasteiger partial charge < -0.3 is 18.9 Å². The summed E-state index contributed by atoms with van der Waals surface area (Å²) in [4.78, 5) is 15.0. The maximum absolute atomic E-state index is 14.2. The molecule has 0 saturated heterocycles. The minimum atomic E-state index is -4.50. The van der Waals surface area contributed by atoms with Gasteiger partial charge in [0.2, 0.25) is 12.7 Å². The van der Waals surface area contributed by atoms with E-state index in [-0.39, 0.29) is 28.3 Å². The van der Waals surface area contributed by atoms with Crippen LogP contribution < -0.4 is 18.7 Å². The number of carbonyl (C=O) groups is 1. The van der Waals surface area contributed by atoms with E-state index in [1.807, 2.05) is 31.1 Å². The number of benzene rings is 2. The van der Waals surface area contributed by atoms with E-state index in [9.17, 15) is 13.2 Å². The van der Waals surface area contributed by atoms with Crippen molar-refractivity contribution in [2.24, 2.45) is 0 Å². The maximum atomic E-state index is 14.2. The number of amides is 1. The van der Waals surface area contributed by atoms with E-state index in [1.165, 1.54) is 11.3 Å². The SMILES string of the molecule is CC(=O)N(c1onc(C)c1Cl)S(=O)(=O)c1c(-c2ccc3c(c2)OCO3)sc2ccc(N(C)C)cc12. The van der Waals surface area contributed by atoms with Crippen LogP contribution in [0.2, 0.25) is 5.02 Å². The second-order valence-corrected chi connectivity index (χ2v) is 11.2. The van der Waals surface area contributed by atoms with Gasteiger partial charge in [0.1, 0.15) is 15.6 Å². The third-order valence-electron chi connectivity index (χ3n) is 5.52. The lowest BCUT2D eigenvalue weighted by molar-refractivity contribution is -0.115. The number of anilines is 2. The molecule has 4 aromatic rings. The van der Waals surface area contributed by atoms with E-state index < -0.39 is 15.9 Å². The zero-order valence-electron chi connectivity index (χ0n) is 19.2. The van der Waals surface area contributed by atoms with Crippen molar-refractivity contribution in [3.8, 4) is 21.9 Å². The smallest absolute Gasteiger partial charge is 0.275 e. The molecule has 0 saturated carbocycles. The van der Waals surface area contributed by atoms with E-state index in [4.69, 9.17) is 25.6 Å². The van der Waals surface area contributed by atoms with Crippen molar-refractivity contribution in [2.45, 2.75) is 18.7 Å². The number of nitrogens with zero attached hydrogens (tertiary/aromatic N) is 3. The van der Waals surface area contributed by atoms with Gasteiger partial charge in [-0.05, 0) is 48.9 Å². The molecule has 0 aliphatic carbocycles. The first-order valence-electron chi connectivity index (χ1n) is 10.4. The van der Waals surface area contributed by atoms with E-state index in [2.05, 4.69) is 5.16 Å². The van der Waals surface area contributed by atoms with Crippen LogP contribution in [0, 0.1) is 6.92 Å². The van der Waals surface area contributed by atoms with Crippen molar-refractivity contribution in [3.05, 3.63) is 47.1 Å². The first kappa shape index (κ1) is 23.5. The molecule has 2 aromatic heterocycles. The predicted octanol–water partition coefficient (Wildman–Crippen LogP) is 5.05. The lowest BCUT2D eigenvalue weighted by Crippen LogP contribution is -2.35. The average molecular weight is 534 g/mol. The molecule has 35 heavy (non-hydrogen) atoms. The highest BCUT2D eigenvalue weighted by molar-refractivity contribution is 7.94. The van der Waals surface area contributed by atoms with Gasteiger partial charge in [0.05, 0.1) is 4.88 Å². The molecule has 1 aliphatic heterocycles. The number of aromatic nitrogens is 1. The number of sulfonamides is 1. The Balaban J connectivity index is 1.82. The summed E-state index contributed by atoms with van der Waals surface area (Å²) in [5, 5.41) is 4.15. The summed E-state index contributed by atoms with van der Waals surface area (Å²) in [6, 6.07) is 10.7. The highest BCUT2D eigenvalue weighted by Crippen LogP contribution is 2.47. The van der Waals surface area contributed by atoms with Crippen LogP contribution in [0.15, 0.2) is 45.8 Å². The summed E-state index contributed by atoms with van der Waals surface area (Å²) < 4.78 is 45.8. The van der Waals surface area contributed by atoms with E-state index in [0.29, 0.717) is 31.6 Å². The summed E-state index contributed by atoms with van der Waals surface area (Å²) in [6.45, 7) is 2.78. The van der Waals surface area contributed by atoms with Crippen molar-refractivity contribution >= 4 is 60.5 Å². The van der Waals surface area contributed by atoms with Crippen molar-refractivity contribution in [3.63, 3.8) is 0 Å². The fourth-order valence-electron chi connectivity index (χ4n) is 3.81. The number of hydrogen-bond acceptors (Lipinski definition) is 9. The van der Waals surface area contributed by atoms with Gasteiger partial charge in [-0.25, -0.2) is 8.42 Å². The lowest BCUT2D eigenvalue weighted by Gasteiger charge is -2.19. The molecular formula is C23H20ClN3O6S2. The molecule has 182 valence electrons. The average Bonchev–Trinajstić information content (AvgIpc) is 3.51. The van der Waals surface area contributed by atoms with Gasteiger partial charge in [-0.1, -0.05) is 16.8 Å². The summed E-state index contributed by atoms with van der Waals surface area (Å²) in [5.41, 5.74) is 1.67. The first-order chi connectivity index (χ1) is 16.6. The van der Waals surface area contributed by atoms with Crippen molar-refractivity contribution in [2.75, 3.05) is 30.1 Å². The second-order valence-electron chi connectivity index (χ2n) is 8.08. The van der Waals surface area contributed by atoms with Gasteiger partial charge in [-0.3, -0.25) is 4.79 Å². The zero-order chi connectivity index (χ0) is 25.1. The third-order valence-corrected chi connectivity index (χ3v) is 9.15. The molecule has 1 aliphatic rings. The Labute approximate surface area is 210 Å². The molecule has 0 spiro atoms. The normalized spacial score (nSPS) is 12.8. The Morgan fingerprint density at radius 3 is 2.51 bits per heavy atom. The maximum Gasteiger partial charge on any atom is 0.275 e. The number of aryl methyl sites for hydroxylation is 1. The number of rotatable bonds is 5. The molecule has 2 aromatic carbocycles. The second kappa shape index (κ2) is 8.43. The number of carbonyl (C=O) groups excluding carboxylic acids is 1. The topological polar surface area (TPSA) is 102 Å².